The molecule has 122 valence electrons. The Morgan fingerprint density at radius 3 is 2.21 bits per heavy atom. The van der Waals surface area contributed by atoms with Crippen LogP contribution in [0.3, 0.4) is 0 Å². The Bertz CT molecular complexity index is 850. The van der Waals surface area contributed by atoms with Crippen molar-refractivity contribution in [2.75, 3.05) is 0 Å². The van der Waals surface area contributed by atoms with E-state index in [-0.39, 0.29) is 5.56 Å². The molecule has 0 radical (unpaired) electrons. The maximum absolute atomic E-state index is 14.6. The molecule has 0 N–H and O–H groups in total. The van der Waals surface area contributed by atoms with E-state index in [0.29, 0.717) is 10.4 Å². The van der Waals surface area contributed by atoms with E-state index in [2.05, 4.69) is 0 Å². The Labute approximate surface area is 144 Å². The van der Waals surface area contributed by atoms with Crippen LogP contribution in [0.25, 0.3) is 21.6 Å². The second-order valence-electron chi connectivity index (χ2n) is 6.59. The first kappa shape index (κ1) is 15.5. The van der Waals surface area contributed by atoms with Gasteiger partial charge in [-0.3, -0.25) is 0 Å². The molecule has 0 aliphatic heterocycles. The maximum Gasteiger partial charge on any atom is 0.135 e. The Balaban J connectivity index is 1.68. The molecule has 3 aromatic rings. The van der Waals surface area contributed by atoms with Crippen LogP contribution in [-0.2, 0) is 6.42 Å². The van der Waals surface area contributed by atoms with Gasteiger partial charge in [0.15, 0.2) is 0 Å². The van der Waals surface area contributed by atoms with Crippen LogP contribution in [0.2, 0.25) is 0 Å². The molecule has 1 saturated carbocycles. The number of hydrogen-bond donors (Lipinski definition) is 0. The second-order valence-corrected chi connectivity index (χ2v) is 7.76. The third kappa shape index (κ3) is 3.13. The van der Waals surface area contributed by atoms with Crippen molar-refractivity contribution in [2.24, 2.45) is 5.92 Å². The van der Waals surface area contributed by atoms with Crippen LogP contribution in [0.5, 0.6) is 0 Å². The van der Waals surface area contributed by atoms with Gasteiger partial charge < -0.3 is 0 Å². The lowest BCUT2D eigenvalue weighted by atomic mass is 10.0. The van der Waals surface area contributed by atoms with Gasteiger partial charge in [-0.1, -0.05) is 29.8 Å². The third-order valence-electron chi connectivity index (χ3n) is 4.52. The highest BCUT2D eigenvalue weighted by Crippen LogP contribution is 2.39. The van der Waals surface area contributed by atoms with Crippen LogP contribution in [0, 0.1) is 24.5 Å². The van der Waals surface area contributed by atoms with Gasteiger partial charge in [-0.2, -0.15) is 0 Å². The molecular formula is C21H18F2S. The predicted octanol–water partition coefficient (Wildman–Crippen LogP) is 6.62. The van der Waals surface area contributed by atoms with E-state index in [1.165, 1.54) is 41.2 Å². The van der Waals surface area contributed by atoms with E-state index >= 15 is 0 Å². The predicted molar refractivity (Wildman–Crippen MR) is 96.3 cm³/mol. The summed E-state index contributed by atoms with van der Waals surface area (Å²) in [5.41, 5.74) is 2.62. The highest BCUT2D eigenvalue weighted by molar-refractivity contribution is 7.15. The van der Waals surface area contributed by atoms with Gasteiger partial charge in [0.1, 0.15) is 11.6 Å². The quantitative estimate of drug-likeness (QED) is 0.500. The summed E-state index contributed by atoms with van der Waals surface area (Å²) >= 11 is 1.51. The summed E-state index contributed by atoms with van der Waals surface area (Å²) in [4.78, 5) is 1.89. The molecule has 0 spiro atoms. The number of benzene rings is 2. The molecule has 0 amide bonds. The molecule has 1 aliphatic carbocycles. The largest absolute Gasteiger partial charge is 0.206 e. The van der Waals surface area contributed by atoms with Crippen molar-refractivity contribution in [3.63, 3.8) is 0 Å². The first-order chi connectivity index (χ1) is 11.6. The van der Waals surface area contributed by atoms with Gasteiger partial charge >= 0.3 is 0 Å². The number of hydrogen-bond acceptors (Lipinski definition) is 1. The highest BCUT2D eigenvalue weighted by atomic mass is 32.1. The molecule has 0 saturated heterocycles. The van der Waals surface area contributed by atoms with Crippen molar-refractivity contribution in [1.82, 2.24) is 0 Å². The summed E-state index contributed by atoms with van der Waals surface area (Å²) in [5.74, 6) is -0.217. The van der Waals surface area contributed by atoms with E-state index in [0.717, 1.165) is 23.5 Å². The van der Waals surface area contributed by atoms with E-state index in [1.807, 2.05) is 43.3 Å². The molecule has 0 nitrogen and oxygen atoms in total. The number of thiophene rings is 1. The fourth-order valence-electron chi connectivity index (χ4n) is 2.95. The molecule has 2 aromatic carbocycles. The van der Waals surface area contributed by atoms with Crippen LogP contribution in [0.15, 0.2) is 48.5 Å². The molecular weight excluding hydrogens is 322 g/mol. The molecule has 1 aliphatic rings. The summed E-state index contributed by atoms with van der Waals surface area (Å²) in [5, 5.41) is 0. The lowest BCUT2D eigenvalue weighted by Gasteiger charge is -2.08. The summed E-state index contributed by atoms with van der Waals surface area (Å²) in [6.45, 7) is 1.99. The lowest BCUT2D eigenvalue weighted by Crippen LogP contribution is -1.91. The van der Waals surface area contributed by atoms with Crippen LogP contribution in [-0.4, -0.2) is 0 Å². The zero-order valence-corrected chi connectivity index (χ0v) is 14.3. The van der Waals surface area contributed by atoms with Gasteiger partial charge in [0.25, 0.3) is 0 Å². The Morgan fingerprint density at radius 2 is 1.58 bits per heavy atom. The molecule has 0 bridgehead atoms. The average molecular weight is 340 g/mol. The van der Waals surface area contributed by atoms with Gasteiger partial charge in [-0.05, 0) is 67.5 Å². The summed E-state index contributed by atoms with van der Waals surface area (Å²) < 4.78 is 29.2. The van der Waals surface area contributed by atoms with Gasteiger partial charge in [0.2, 0.25) is 0 Å². The minimum Gasteiger partial charge on any atom is -0.206 e. The molecule has 24 heavy (non-hydrogen) atoms. The van der Waals surface area contributed by atoms with Crippen molar-refractivity contribution < 1.29 is 8.78 Å². The van der Waals surface area contributed by atoms with Gasteiger partial charge in [-0.25, -0.2) is 8.78 Å². The van der Waals surface area contributed by atoms with E-state index in [1.54, 1.807) is 0 Å². The minimum atomic E-state index is -0.495. The fourth-order valence-corrected chi connectivity index (χ4v) is 4.12. The average Bonchev–Trinajstić information content (AvgIpc) is 3.24. The van der Waals surface area contributed by atoms with Gasteiger partial charge in [0, 0.05) is 9.75 Å². The standard InChI is InChI=1S/C21H18F2S/c1-13-2-6-15(7-3-13)16-11-18(22)21(19(23)12-16)20-9-8-17(24-20)10-14-4-5-14/h2-3,6-9,11-12,14H,4-5,10H2,1H3. The smallest absolute Gasteiger partial charge is 0.135 e. The zero-order valence-electron chi connectivity index (χ0n) is 13.5. The number of halogens is 2. The normalized spacial score (nSPS) is 14.1. The van der Waals surface area contributed by atoms with E-state index in [9.17, 15) is 8.78 Å². The van der Waals surface area contributed by atoms with Crippen molar-refractivity contribution in [3.05, 3.63) is 70.6 Å². The second kappa shape index (κ2) is 6.14. The number of aryl methyl sites for hydroxylation is 1. The SMILES string of the molecule is Cc1ccc(-c2cc(F)c(-c3ccc(CC4CC4)s3)c(F)c2)cc1. The maximum atomic E-state index is 14.6. The monoisotopic (exact) mass is 340 g/mol. The van der Waals surface area contributed by atoms with Gasteiger partial charge in [-0.15, -0.1) is 11.3 Å². The van der Waals surface area contributed by atoms with Crippen molar-refractivity contribution in [2.45, 2.75) is 26.2 Å². The first-order valence-corrected chi connectivity index (χ1v) is 9.07. The first-order valence-electron chi connectivity index (χ1n) is 8.25. The molecule has 0 atom stereocenters. The fraction of sp³-hybridized carbons (Fsp3) is 0.238. The van der Waals surface area contributed by atoms with E-state index in [4.69, 9.17) is 0 Å². The third-order valence-corrected chi connectivity index (χ3v) is 5.65. The van der Waals surface area contributed by atoms with Crippen LogP contribution in [0.4, 0.5) is 8.78 Å². The Kier molecular flexibility index (Phi) is 3.97. The van der Waals surface area contributed by atoms with Crippen molar-refractivity contribution in [3.8, 4) is 21.6 Å². The number of rotatable bonds is 4. The van der Waals surface area contributed by atoms with Crippen molar-refractivity contribution in [1.29, 1.82) is 0 Å². The summed E-state index contributed by atoms with van der Waals surface area (Å²) in [6.07, 6.45) is 3.59. The van der Waals surface area contributed by atoms with Crippen molar-refractivity contribution >= 4 is 11.3 Å². The summed E-state index contributed by atoms with van der Waals surface area (Å²) in [7, 11) is 0. The van der Waals surface area contributed by atoms with Gasteiger partial charge in [0.05, 0.1) is 5.56 Å². The van der Waals surface area contributed by atoms with E-state index < -0.39 is 11.6 Å². The van der Waals surface area contributed by atoms with Crippen LogP contribution >= 0.6 is 11.3 Å². The molecule has 3 heteroatoms. The Hall–Kier alpha value is -2.00. The molecule has 1 fully saturated rings. The zero-order chi connectivity index (χ0) is 16.7. The molecule has 0 unspecified atom stereocenters. The lowest BCUT2D eigenvalue weighted by molar-refractivity contribution is 0.591. The molecule has 1 aromatic heterocycles. The molecule has 4 rings (SSSR count). The summed E-state index contributed by atoms with van der Waals surface area (Å²) in [6, 6.07) is 14.4. The van der Waals surface area contributed by atoms with Crippen LogP contribution < -0.4 is 0 Å². The molecule has 1 heterocycles. The highest BCUT2D eigenvalue weighted by Gasteiger charge is 2.23. The minimum absolute atomic E-state index is 0.0953. The topological polar surface area (TPSA) is 0 Å². The Morgan fingerprint density at radius 1 is 0.917 bits per heavy atom. The van der Waals surface area contributed by atoms with Crippen LogP contribution in [0.1, 0.15) is 23.3 Å².